The Bertz CT molecular complexity index is 464. The maximum atomic E-state index is 12.1. The van der Waals surface area contributed by atoms with Gasteiger partial charge in [-0.15, -0.1) is 0 Å². The molecule has 6 heteroatoms. The van der Waals surface area contributed by atoms with Gasteiger partial charge in [-0.3, -0.25) is 9.78 Å². The fourth-order valence-electron chi connectivity index (χ4n) is 2.11. The summed E-state index contributed by atoms with van der Waals surface area (Å²) in [5.41, 5.74) is 1.03. The van der Waals surface area contributed by atoms with Crippen molar-refractivity contribution < 1.29 is 19.1 Å². The maximum absolute atomic E-state index is 12.1. The quantitative estimate of drug-likeness (QED) is 0.746. The van der Waals surface area contributed by atoms with Crippen molar-refractivity contribution in [2.45, 2.75) is 18.9 Å². The summed E-state index contributed by atoms with van der Waals surface area (Å²) in [5.74, 6) is -0.416. The zero-order valence-corrected chi connectivity index (χ0v) is 11.4. The van der Waals surface area contributed by atoms with Crippen LogP contribution in [0.15, 0.2) is 24.5 Å². The first-order valence-corrected chi connectivity index (χ1v) is 6.57. The van der Waals surface area contributed by atoms with E-state index in [4.69, 9.17) is 4.74 Å². The van der Waals surface area contributed by atoms with Crippen LogP contribution in [-0.2, 0) is 25.5 Å². The van der Waals surface area contributed by atoms with Crippen molar-refractivity contribution in [1.29, 1.82) is 0 Å². The molecule has 0 aromatic carbocycles. The van der Waals surface area contributed by atoms with Gasteiger partial charge in [0.2, 0.25) is 5.91 Å². The Kier molecular flexibility index (Phi) is 5.06. The van der Waals surface area contributed by atoms with Crippen molar-refractivity contribution in [3.8, 4) is 0 Å². The molecule has 1 unspecified atom stereocenters. The van der Waals surface area contributed by atoms with Crippen LogP contribution in [0.25, 0.3) is 0 Å². The number of carbonyl (C=O) groups excluding carboxylic acids is 2. The van der Waals surface area contributed by atoms with Gasteiger partial charge in [0.05, 0.1) is 20.3 Å². The molecule has 0 radical (unpaired) electrons. The lowest BCUT2D eigenvalue weighted by atomic mass is 10.1. The minimum Gasteiger partial charge on any atom is -0.467 e. The Morgan fingerprint density at radius 2 is 2.40 bits per heavy atom. The third-order valence-corrected chi connectivity index (χ3v) is 3.23. The van der Waals surface area contributed by atoms with Gasteiger partial charge in [-0.2, -0.15) is 0 Å². The van der Waals surface area contributed by atoms with Crippen molar-refractivity contribution in [3.05, 3.63) is 30.1 Å². The number of hydrogen-bond acceptors (Lipinski definition) is 5. The molecule has 0 N–H and O–H groups in total. The number of pyridine rings is 1. The molecule has 108 valence electrons. The lowest BCUT2D eigenvalue weighted by Gasteiger charge is -2.31. The largest absolute Gasteiger partial charge is 0.467 e. The van der Waals surface area contributed by atoms with Gasteiger partial charge in [-0.1, -0.05) is 6.07 Å². The van der Waals surface area contributed by atoms with Crippen molar-refractivity contribution in [2.24, 2.45) is 0 Å². The summed E-state index contributed by atoms with van der Waals surface area (Å²) >= 11 is 0. The van der Waals surface area contributed by atoms with Crippen LogP contribution in [0, 0.1) is 0 Å². The van der Waals surface area contributed by atoms with E-state index in [1.54, 1.807) is 17.3 Å². The number of aryl methyl sites for hydroxylation is 1. The summed E-state index contributed by atoms with van der Waals surface area (Å²) in [6.45, 7) is 1.14. The molecular weight excluding hydrogens is 260 g/mol. The second kappa shape index (κ2) is 7.00. The first kappa shape index (κ1) is 14.5. The van der Waals surface area contributed by atoms with Crippen LogP contribution in [0.4, 0.5) is 0 Å². The number of hydrogen-bond donors (Lipinski definition) is 0. The van der Waals surface area contributed by atoms with E-state index in [2.05, 4.69) is 9.72 Å². The van der Waals surface area contributed by atoms with Crippen LogP contribution in [0.2, 0.25) is 0 Å². The molecule has 0 saturated carbocycles. The van der Waals surface area contributed by atoms with E-state index in [9.17, 15) is 9.59 Å². The molecule has 1 saturated heterocycles. The molecule has 1 fully saturated rings. The van der Waals surface area contributed by atoms with E-state index < -0.39 is 12.1 Å². The highest BCUT2D eigenvalue weighted by Crippen LogP contribution is 2.10. The summed E-state index contributed by atoms with van der Waals surface area (Å²) in [5, 5.41) is 0. The monoisotopic (exact) mass is 278 g/mol. The fourth-order valence-corrected chi connectivity index (χ4v) is 2.11. The first-order valence-electron chi connectivity index (χ1n) is 6.57. The normalized spacial score (nSPS) is 18.6. The summed E-state index contributed by atoms with van der Waals surface area (Å²) < 4.78 is 9.93. The van der Waals surface area contributed by atoms with Gasteiger partial charge in [-0.05, 0) is 18.1 Å². The van der Waals surface area contributed by atoms with Gasteiger partial charge in [-0.25, -0.2) is 4.79 Å². The second-order valence-corrected chi connectivity index (χ2v) is 4.58. The van der Waals surface area contributed by atoms with Crippen molar-refractivity contribution in [3.63, 3.8) is 0 Å². The molecule has 1 aliphatic heterocycles. The van der Waals surface area contributed by atoms with Crippen molar-refractivity contribution >= 4 is 11.9 Å². The molecule has 1 atom stereocenters. The number of methoxy groups -OCH3 is 1. The van der Waals surface area contributed by atoms with E-state index in [0.29, 0.717) is 26.0 Å². The third-order valence-electron chi connectivity index (χ3n) is 3.23. The molecule has 1 aromatic rings. The Balaban J connectivity index is 1.84. The average Bonchev–Trinajstić information content (AvgIpc) is 2.53. The number of amides is 1. The number of nitrogens with zero attached hydrogens (tertiary/aromatic N) is 2. The zero-order valence-electron chi connectivity index (χ0n) is 11.4. The van der Waals surface area contributed by atoms with Gasteiger partial charge in [0, 0.05) is 25.4 Å². The van der Waals surface area contributed by atoms with Gasteiger partial charge < -0.3 is 14.4 Å². The minimum absolute atomic E-state index is 0.0195. The van der Waals surface area contributed by atoms with E-state index in [1.807, 2.05) is 12.1 Å². The zero-order chi connectivity index (χ0) is 14.4. The predicted octanol–water partition coefficient (Wildman–Crippen LogP) is 0.415. The molecule has 1 aliphatic rings. The Morgan fingerprint density at radius 3 is 3.10 bits per heavy atom. The number of ether oxygens (including phenoxy) is 2. The summed E-state index contributed by atoms with van der Waals surface area (Å²) in [4.78, 5) is 29.2. The Morgan fingerprint density at radius 1 is 1.55 bits per heavy atom. The van der Waals surface area contributed by atoms with Crippen LogP contribution in [0.5, 0.6) is 0 Å². The minimum atomic E-state index is -0.670. The Hall–Kier alpha value is -1.95. The molecule has 6 nitrogen and oxygen atoms in total. The van der Waals surface area contributed by atoms with Gasteiger partial charge in [0.15, 0.2) is 6.10 Å². The summed E-state index contributed by atoms with van der Waals surface area (Å²) in [7, 11) is 1.31. The SMILES string of the molecule is COC(=O)C1CN(C(=O)CCc2cccnc2)CCO1. The van der Waals surface area contributed by atoms with Crippen LogP contribution in [0.3, 0.4) is 0 Å². The molecule has 2 heterocycles. The smallest absolute Gasteiger partial charge is 0.336 e. The Labute approximate surface area is 117 Å². The topological polar surface area (TPSA) is 68.7 Å². The average molecular weight is 278 g/mol. The van der Waals surface area contributed by atoms with E-state index in [0.717, 1.165) is 5.56 Å². The molecule has 0 aliphatic carbocycles. The van der Waals surface area contributed by atoms with Crippen LogP contribution >= 0.6 is 0 Å². The highest BCUT2D eigenvalue weighted by molar-refractivity contribution is 5.79. The predicted molar refractivity (Wildman–Crippen MR) is 70.9 cm³/mol. The molecule has 2 rings (SSSR count). The number of aromatic nitrogens is 1. The third kappa shape index (κ3) is 3.77. The van der Waals surface area contributed by atoms with Gasteiger partial charge in [0.1, 0.15) is 0 Å². The van der Waals surface area contributed by atoms with Crippen LogP contribution < -0.4 is 0 Å². The molecular formula is C14H18N2O4. The maximum Gasteiger partial charge on any atom is 0.336 e. The van der Waals surface area contributed by atoms with Crippen molar-refractivity contribution in [1.82, 2.24) is 9.88 Å². The molecule has 0 spiro atoms. The van der Waals surface area contributed by atoms with Crippen LogP contribution in [-0.4, -0.2) is 54.7 Å². The lowest BCUT2D eigenvalue weighted by molar-refractivity contribution is -0.162. The molecule has 1 aromatic heterocycles. The molecule has 1 amide bonds. The van der Waals surface area contributed by atoms with E-state index in [1.165, 1.54) is 7.11 Å². The van der Waals surface area contributed by atoms with Crippen molar-refractivity contribution in [2.75, 3.05) is 26.8 Å². The molecule has 0 bridgehead atoms. The number of rotatable bonds is 4. The lowest BCUT2D eigenvalue weighted by Crippen LogP contribution is -2.48. The number of morpholine rings is 1. The van der Waals surface area contributed by atoms with Gasteiger partial charge >= 0.3 is 5.97 Å². The fraction of sp³-hybridized carbons (Fsp3) is 0.500. The van der Waals surface area contributed by atoms with E-state index >= 15 is 0 Å². The number of carbonyl (C=O) groups is 2. The van der Waals surface area contributed by atoms with Gasteiger partial charge in [0.25, 0.3) is 0 Å². The van der Waals surface area contributed by atoms with E-state index in [-0.39, 0.29) is 12.5 Å². The standard InChI is InChI=1S/C14H18N2O4/c1-19-14(18)12-10-16(7-8-20-12)13(17)5-4-11-3-2-6-15-9-11/h2-3,6,9,12H,4-5,7-8,10H2,1H3. The second-order valence-electron chi connectivity index (χ2n) is 4.58. The first-order chi connectivity index (χ1) is 9.70. The summed E-state index contributed by atoms with van der Waals surface area (Å²) in [6, 6.07) is 3.79. The van der Waals surface area contributed by atoms with Crippen LogP contribution in [0.1, 0.15) is 12.0 Å². The highest BCUT2D eigenvalue weighted by atomic mass is 16.6. The summed E-state index contributed by atoms with van der Waals surface area (Å²) in [6.07, 6.45) is 3.83. The molecule has 20 heavy (non-hydrogen) atoms. The highest BCUT2D eigenvalue weighted by Gasteiger charge is 2.29. The number of esters is 1.